The number of nitrogens with zero attached hydrogens (tertiary/aromatic N) is 2. The molecule has 0 fully saturated rings. The van der Waals surface area contributed by atoms with Gasteiger partial charge in [-0.3, -0.25) is 0 Å². The second-order valence-electron chi connectivity index (χ2n) is 7.13. The maximum atomic E-state index is 5.38. The van der Waals surface area contributed by atoms with E-state index in [4.69, 9.17) is 19.4 Å². The van der Waals surface area contributed by atoms with E-state index in [-0.39, 0.29) is 0 Å². The molecule has 0 aliphatic heterocycles. The number of benzene rings is 3. The van der Waals surface area contributed by atoms with E-state index in [0.29, 0.717) is 0 Å². The molecule has 4 aromatic rings. The quantitative estimate of drug-likeness (QED) is 0.408. The summed E-state index contributed by atoms with van der Waals surface area (Å²) in [6.07, 6.45) is 0. The van der Waals surface area contributed by atoms with Gasteiger partial charge in [-0.2, -0.15) is 0 Å². The molecule has 0 saturated heterocycles. The van der Waals surface area contributed by atoms with E-state index in [1.165, 1.54) is 0 Å². The highest BCUT2D eigenvalue weighted by Gasteiger charge is 2.18. The lowest BCUT2D eigenvalue weighted by Crippen LogP contribution is -2.01. The molecule has 1 heterocycles. The molecule has 0 radical (unpaired) electrons. The summed E-state index contributed by atoms with van der Waals surface area (Å²) in [6, 6.07) is 24.1. The summed E-state index contributed by atoms with van der Waals surface area (Å²) in [5.41, 5.74) is 7.65. The third-order valence-electron chi connectivity index (χ3n) is 5.17. The molecule has 0 bridgehead atoms. The molecule has 0 amide bonds. The van der Waals surface area contributed by atoms with Crippen molar-refractivity contribution in [3.8, 4) is 45.3 Å². The molecule has 1 aromatic heterocycles. The van der Waals surface area contributed by atoms with Crippen molar-refractivity contribution in [2.24, 2.45) is 0 Å². The van der Waals surface area contributed by atoms with Crippen LogP contribution in [0.2, 0.25) is 0 Å². The smallest absolute Gasteiger partial charge is 0.119 e. The number of aryl methyl sites for hydroxylation is 2. The molecule has 0 saturated carbocycles. The van der Waals surface area contributed by atoms with Crippen molar-refractivity contribution in [2.75, 3.05) is 14.2 Å². The Morgan fingerprint density at radius 1 is 0.600 bits per heavy atom. The molecule has 0 aliphatic rings. The van der Waals surface area contributed by atoms with Gasteiger partial charge < -0.3 is 9.47 Å². The van der Waals surface area contributed by atoms with Crippen LogP contribution >= 0.6 is 0 Å². The molecule has 0 atom stereocenters. The first-order valence-electron chi connectivity index (χ1n) is 9.84. The fourth-order valence-corrected chi connectivity index (χ4v) is 3.56. The molecule has 30 heavy (non-hydrogen) atoms. The number of hydrogen-bond acceptors (Lipinski definition) is 4. The van der Waals surface area contributed by atoms with Gasteiger partial charge in [-0.25, -0.2) is 9.97 Å². The molecule has 4 heteroatoms. The first kappa shape index (κ1) is 19.6. The van der Waals surface area contributed by atoms with Gasteiger partial charge in [0.15, 0.2) is 0 Å². The zero-order chi connectivity index (χ0) is 21.1. The van der Waals surface area contributed by atoms with Crippen LogP contribution in [0.1, 0.15) is 11.3 Å². The molecule has 150 valence electrons. The molecular formula is C26H24N2O2. The monoisotopic (exact) mass is 396 g/mol. The van der Waals surface area contributed by atoms with E-state index in [1.54, 1.807) is 14.2 Å². The van der Waals surface area contributed by atoms with Gasteiger partial charge in [-0.15, -0.1) is 0 Å². The van der Waals surface area contributed by atoms with Crippen LogP contribution in [0.15, 0.2) is 72.8 Å². The van der Waals surface area contributed by atoms with E-state index in [2.05, 4.69) is 19.1 Å². The van der Waals surface area contributed by atoms with E-state index >= 15 is 0 Å². The maximum Gasteiger partial charge on any atom is 0.119 e. The van der Waals surface area contributed by atoms with Gasteiger partial charge in [0.2, 0.25) is 0 Å². The minimum Gasteiger partial charge on any atom is -0.497 e. The van der Waals surface area contributed by atoms with Crippen molar-refractivity contribution in [3.63, 3.8) is 0 Å². The first-order valence-corrected chi connectivity index (χ1v) is 9.84. The Morgan fingerprint density at radius 3 is 1.87 bits per heavy atom. The van der Waals surface area contributed by atoms with Crippen LogP contribution in [0.4, 0.5) is 0 Å². The van der Waals surface area contributed by atoms with Crippen LogP contribution < -0.4 is 9.47 Å². The first-order chi connectivity index (χ1) is 14.6. The fourth-order valence-electron chi connectivity index (χ4n) is 3.56. The average molecular weight is 396 g/mol. The van der Waals surface area contributed by atoms with E-state index in [1.807, 2.05) is 67.6 Å². The van der Waals surface area contributed by atoms with Gasteiger partial charge in [0, 0.05) is 16.7 Å². The predicted octanol–water partition coefficient (Wildman–Crippen LogP) is 6.11. The molecular weight excluding hydrogens is 372 g/mol. The summed E-state index contributed by atoms with van der Waals surface area (Å²) in [4.78, 5) is 10.1. The third kappa shape index (κ3) is 3.77. The zero-order valence-corrected chi connectivity index (χ0v) is 17.6. The molecule has 3 aromatic carbocycles. The van der Waals surface area contributed by atoms with Crippen LogP contribution in [0, 0.1) is 13.8 Å². The van der Waals surface area contributed by atoms with Gasteiger partial charge >= 0.3 is 0 Å². The fraction of sp³-hybridized carbons (Fsp3) is 0.154. The molecule has 4 rings (SSSR count). The Morgan fingerprint density at radius 2 is 1.23 bits per heavy atom. The van der Waals surface area contributed by atoms with Gasteiger partial charge in [0.1, 0.15) is 11.5 Å². The van der Waals surface area contributed by atoms with Crippen LogP contribution in [0.3, 0.4) is 0 Å². The lowest BCUT2D eigenvalue weighted by molar-refractivity contribution is 0.414. The highest BCUT2D eigenvalue weighted by molar-refractivity contribution is 5.82. The molecule has 0 N–H and O–H groups in total. The minimum atomic E-state index is 0.810. The van der Waals surface area contributed by atoms with Gasteiger partial charge in [0.25, 0.3) is 0 Å². The number of aromatic nitrogens is 2. The summed E-state index contributed by atoms with van der Waals surface area (Å²) in [7, 11) is 3.34. The number of methoxy groups -OCH3 is 2. The zero-order valence-electron chi connectivity index (χ0n) is 17.6. The molecule has 0 unspecified atom stereocenters. The SMILES string of the molecule is COc1ccc(-c2nc(-c3ccccc3)c(C)nc2-c2ccc(OC)cc2C)cc1. The molecule has 0 spiro atoms. The maximum absolute atomic E-state index is 5.38. The summed E-state index contributed by atoms with van der Waals surface area (Å²) in [6.45, 7) is 4.08. The molecule has 4 nitrogen and oxygen atoms in total. The Balaban J connectivity index is 1.95. The van der Waals surface area contributed by atoms with Crippen LogP contribution in [0.25, 0.3) is 33.8 Å². The van der Waals surface area contributed by atoms with Crippen LogP contribution in [-0.4, -0.2) is 24.2 Å². The van der Waals surface area contributed by atoms with Crippen molar-refractivity contribution < 1.29 is 9.47 Å². The standard InChI is InChI=1S/C26H24N2O2/c1-17-16-22(30-4)14-15-23(17)26-25(20-10-12-21(29-3)13-11-20)28-24(18(2)27-26)19-8-6-5-7-9-19/h5-16H,1-4H3. The summed E-state index contributed by atoms with van der Waals surface area (Å²) >= 11 is 0. The second-order valence-corrected chi connectivity index (χ2v) is 7.13. The highest BCUT2D eigenvalue weighted by atomic mass is 16.5. The van der Waals surface area contributed by atoms with Crippen LogP contribution in [-0.2, 0) is 0 Å². The summed E-state index contributed by atoms with van der Waals surface area (Å²) in [5.74, 6) is 1.64. The minimum absolute atomic E-state index is 0.810. The highest BCUT2D eigenvalue weighted by Crippen LogP contribution is 2.35. The Kier molecular flexibility index (Phi) is 5.48. The van der Waals surface area contributed by atoms with Gasteiger partial charge in [-0.1, -0.05) is 30.3 Å². The third-order valence-corrected chi connectivity index (χ3v) is 5.17. The van der Waals surface area contributed by atoms with E-state index in [9.17, 15) is 0 Å². The van der Waals surface area contributed by atoms with Crippen LogP contribution in [0.5, 0.6) is 11.5 Å². The topological polar surface area (TPSA) is 44.2 Å². The largest absolute Gasteiger partial charge is 0.497 e. The molecule has 0 aliphatic carbocycles. The Labute approximate surface area is 177 Å². The Bertz CT molecular complexity index is 1170. The van der Waals surface area contributed by atoms with Crippen molar-refractivity contribution in [3.05, 3.63) is 84.1 Å². The number of ether oxygens (including phenoxy) is 2. The van der Waals surface area contributed by atoms with E-state index < -0.39 is 0 Å². The summed E-state index contributed by atoms with van der Waals surface area (Å²) < 4.78 is 10.7. The average Bonchev–Trinajstić information content (AvgIpc) is 2.79. The lowest BCUT2D eigenvalue weighted by atomic mass is 9.98. The number of hydrogen-bond donors (Lipinski definition) is 0. The van der Waals surface area contributed by atoms with Gasteiger partial charge in [-0.05, 0) is 61.9 Å². The predicted molar refractivity (Wildman–Crippen MR) is 121 cm³/mol. The number of rotatable bonds is 5. The summed E-state index contributed by atoms with van der Waals surface area (Å²) in [5, 5.41) is 0. The normalized spacial score (nSPS) is 10.7. The van der Waals surface area contributed by atoms with Crippen molar-refractivity contribution in [2.45, 2.75) is 13.8 Å². The van der Waals surface area contributed by atoms with Crippen molar-refractivity contribution >= 4 is 0 Å². The van der Waals surface area contributed by atoms with Crippen molar-refractivity contribution in [1.29, 1.82) is 0 Å². The van der Waals surface area contributed by atoms with E-state index in [0.717, 1.165) is 56.5 Å². The Hall–Kier alpha value is -3.66. The van der Waals surface area contributed by atoms with Gasteiger partial charge in [0.05, 0.1) is 37.0 Å². The second kappa shape index (κ2) is 8.37. The lowest BCUT2D eigenvalue weighted by Gasteiger charge is -2.16. The van der Waals surface area contributed by atoms with Crippen molar-refractivity contribution in [1.82, 2.24) is 9.97 Å².